The molecule has 0 aromatic carbocycles. The zero-order chi connectivity index (χ0) is 12.6. The number of hydrogen-bond acceptors (Lipinski definition) is 7. The van der Waals surface area contributed by atoms with E-state index in [-0.39, 0.29) is 4.77 Å². The van der Waals surface area contributed by atoms with Gasteiger partial charge in [-0.2, -0.15) is 4.98 Å². The first-order valence-corrected chi connectivity index (χ1v) is 5.25. The second-order valence-electron chi connectivity index (χ2n) is 3.62. The molecule has 1 aliphatic rings. The van der Waals surface area contributed by atoms with Gasteiger partial charge in [-0.15, -0.1) is 0 Å². The number of nitrogens with one attached hydrogen (secondary N) is 1. The van der Waals surface area contributed by atoms with E-state index in [9.17, 15) is 15.0 Å². The Labute approximate surface area is 100 Å². The predicted octanol–water partition coefficient (Wildman–Crippen LogP) is -2.09. The first-order chi connectivity index (χ1) is 8.04. The second-order valence-corrected chi connectivity index (χ2v) is 4.00. The number of aromatic nitrogens is 3. The highest BCUT2D eigenvalue weighted by Gasteiger charge is 2.43. The van der Waals surface area contributed by atoms with Crippen LogP contribution in [0.25, 0.3) is 0 Å². The number of H-pyrrole nitrogens is 1. The van der Waals surface area contributed by atoms with E-state index < -0.39 is 36.8 Å². The first kappa shape index (κ1) is 12.3. The minimum atomic E-state index is -1.26. The minimum Gasteiger partial charge on any atom is -0.394 e. The van der Waals surface area contributed by atoms with Crippen LogP contribution in [0.5, 0.6) is 0 Å². The van der Waals surface area contributed by atoms with Crippen molar-refractivity contribution in [1.29, 1.82) is 0 Å². The third kappa shape index (κ3) is 2.15. The number of ether oxygens (including phenoxy) is 1. The minimum absolute atomic E-state index is 0.0137. The summed E-state index contributed by atoms with van der Waals surface area (Å²) in [7, 11) is 0. The molecule has 4 N–H and O–H groups in total. The Morgan fingerprint density at radius 2 is 2.24 bits per heavy atom. The van der Waals surface area contributed by atoms with Crippen LogP contribution in [0.1, 0.15) is 6.23 Å². The fourth-order valence-corrected chi connectivity index (χ4v) is 1.88. The lowest BCUT2D eigenvalue weighted by atomic mass is 10.1. The molecule has 0 aliphatic carbocycles. The highest BCUT2D eigenvalue weighted by molar-refractivity contribution is 7.71. The average molecular weight is 261 g/mol. The predicted molar refractivity (Wildman–Crippen MR) is 56.7 cm³/mol. The van der Waals surface area contributed by atoms with Crippen LogP contribution in [0.4, 0.5) is 0 Å². The molecule has 4 atom stereocenters. The normalized spacial score (nSPS) is 32.9. The van der Waals surface area contributed by atoms with E-state index in [1.165, 1.54) is 4.57 Å². The Morgan fingerprint density at radius 1 is 1.53 bits per heavy atom. The van der Waals surface area contributed by atoms with Crippen LogP contribution < -0.4 is 5.69 Å². The summed E-state index contributed by atoms with van der Waals surface area (Å²) in [5.74, 6) is 0. The fraction of sp³-hybridized carbons (Fsp3) is 0.625. The van der Waals surface area contributed by atoms with Crippen molar-refractivity contribution in [3.05, 3.63) is 21.6 Å². The number of rotatable bonds is 2. The number of aliphatic hydroxyl groups excluding tert-OH is 3. The lowest BCUT2D eigenvalue weighted by Gasteiger charge is -2.17. The molecule has 0 spiro atoms. The van der Waals surface area contributed by atoms with Crippen LogP contribution in [0.2, 0.25) is 0 Å². The summed E-state index contributed by atoms with van der Waals surface area (Å²) in [6, 6.07) is 0. The van der Waals surface area contributed by atoms with Crippen molar-refractivity contribution >= 4 is 12.2 Å². The fourth-order valence-electron chi connectivity index (χ4n) is 1.65. The van der Waals surface area contributed by atoms with Crippen molar-refractivity contribution < 1.29 is 20.1 Å². The third-order valence-electron chi connectivity index (χ3n) is 2.54. The molecule has 1 saturated heterocycles. The lowest BCUT2D eigenvalue weighted by Crippen LogP contribution is -2.33. The zero-order valence-electron chi connectivity index (χ0n) is 8.55. The SMILES string of the molecule is O=c1ncn([C@@H]2O[C@H](CO)[C@@H](O)[C@H]2O)c(=S)[nH]1. The van der Waals surface area contributed by atoms with E-state index in [4.69, 9.17) is 22.1 Å². The van der Waals surface area contributed by atoms with Gasteiger partial charge in [0.25, 0.3) is 0 Å². The number of aromatic amines is 1. The van der Waals surface area contributed by atoms with Crippen LogP contribution in [0.3, 0.4) is 0 Å². The van der Waals surface area contributed by atoms with Gasteiger partial charge >= 0.3 is 5.69 Å². The first-order valence-electron chi connectivity index (χ1n) is 4.84. The Balaban J connectivity index is 2.35. The van der Waals surface area contributed by atoms with Crippen LogP contribution in [0, 0.1) is 4.77 Å². The molecular formula is C8H11N3O5S. The van der Waals surface area contributed by atoms with E-state index in [0.29, 0.717) is 0 Å². The molecular weight excluding hydrogens is 250 g/mol. The van der Waals surface area contributed by atoms with Gasteiger partial charge in [0.2, 0.25) is 0 Å². The number of aliphatic hydroxyl groups is 3. The number of nitrogens with zero attached hydrogens (tertiary/aromatic N) is 2. The van der Waals surface area contributed by atoms with Gasteiger partial charge in [-0.05, 0) is 12.2 Å². The molecule has 1 aliphatic heterocycles. The summed E-state index contributed by atoms with van der Waals surface area (Å²) in [4.78, 5) is 16.6. The van der Waals surface area contributed by atoms with Crippen molar-refractivity contribution in [2.24, 2.45) is 0 Å². The zero-order valence-corrected chi connectivity index (χ0v) is 9.37. The van der Waals surface area contributed by atoms with E-state index in [2.05, 4.69) is 9.97 Å². The van der Waals surface area contributed by atoms with Crippen molar-refractivity contribution in [3.63, 3.8) is 0 Å². The summed E-state index contributed by atoms with van der Waals surface area (Å²) in [6.45, 7) is -0.432. The van der Waals surface area contributed by atoms with E-state index in [1.807, 2.05) is 0 Å². The Kier molecular flexibility index (Phi) is 3.35. The maximum absolute atomic E-state index is 10.9. The van der Waals surface area contributed by atoms with E-state index >= 15 is 0 Å². The van der Waals surface area contributed by atoms with Gasteiger partial charge < -0.3 is 20.1 Å². The molecule has 1 fully saturated rings. The largest absolute Gasteiger partial charge is 0.394 e. The average Bonchev–Trinajstić information content (AvgIpc) is 2.57. The molecule has 1 aromatic heterocycles. The maximum atomic E-state index is 10.9. The summed E-state index contributed by atoms with van der Waals surface area (Å²) < 4.78 is 6.45. The standard InChI is InChI=1S/C8H11N3O5S/c12-1-3-4(13)5(14)6(16-3)11-2-9-7(15)10-8(11)17/h2-6,12-14H,1H2,(H,10,15,17)/t3-,4-,5-,6-/m1/s1. The summed E-state index contributed by atoms with van der Waals surface area (Å²) >= 11 is 4.87. The Bertz CT molecular complexity index is 514. The second kappa shape index (κ2) is 4.63. The van der Waals surface area contributed by atoms with Gasteiger partial charge in [0.05, 0.1) is 6.61 Å². The van der Waals surface area contributed by atoms with Crippen molar-refractivity contribution in [2.75, 3.05) is 6.61 Å². The van der Waals surface area contributed by atoms with E-state index in [1.54, 1.807) is 0 Å². The molecule has 1 aromatic rings. The van der Waals surface area contributed by atoms with Gasteiger partial charge in [-0.1, -0.05) is 0 Å². The molecule has 0 amide bonds. The summed E-state index contributed by atoms with van der Waals surface area (Å²) in [5.41, 5.74) is -0.613. The van der Waals surface area contributed by atoms with Crippen molar-refractivity contribution in [2.45, 2.75) is 24.5 Å². The molecule has 0 bridgehead atoms. The molecule has 0 saturated carbocycles. The molecule has 0 radical (unpaired) electrons. The van der Waals surface area contributed by atoms with Gasteiger partial charge in [-0.25, -0.2) is 4.79 Å². The molecule has 9 heteroatoms. The highest BCUT2D eigenvalue weighted by Crippen LogP contribution is 2.28. The van der Waals surface area contributed by atoms with Crippen molar-refractivity contribution in [3.8, 4) is 0 Å². The maximum Gasteiger partial charge on any atom is 0.348 e. The van der Waals surface area contributed by atoms with Crippen LogP contribution >= 0.6 is 12.2 Å². The summed E-state index contributed by atoms with van der Waals surface area (Å²) in [6.07, 6.45) is -3.25. The number of hydrogen-bond donors (Lipinski definition) is 4. The highest BCUT2D eigenvalue weighted by atomic mass is 32.1. The van der Waals surface area contributed by atoms with Gasteiger partial charge in [0.15, 0.2) is 11.0 Å². The smallest absolute Gasteiger partial charge is 0.348 e. The molecule has 8 nitrogen and oxygen atoms in total. The molecule has 94 valence electrons. The Hall–Kier alpha value is -1.13. The third-order valence-corrected chi connectivity index (χ3v) is 2.85. The topological polar surface area (TPSA) is 121 Å². The van der Waals surface area contributed by atoms with Crippen LogP contribution in [-0.2, 0) is 4.74 Å². The monoisotopic (exact) mass is 261 g/mol. The van der Waals surface area contributed by atoms with Gasteiger partial charge in [0, 0.05) is 0 Å². The molecule has 17 heavy (non-hydrogen) atoms. The van der Waals surface area contributed by atoms with Gasteiger partial charge in [-0.3, -0.25) is 9.55 Å². The van der Waals surface area contributed by atoms with Crippen LogP contribution in [-0.4, -0.2) is 54.8 Å². The molecule has 0 unspecified atom stereocenters. The molecule has 2 rings (SSSR count). The van der Waals surface area contributed by atoms with Crippen LogP contribution in [0.15, 0.2) is 11.1 Å². The molecule has 2 heterocycles. The Morgan fingerprint density at radius 3 is 2.76 bits per heavy atom. The van der Waals surface area contributed by atoms with Gasteiger partial charge in [0.1, 0.15) is 24.6 Å². The lowest BCUT2D eigenvalue weighted by molar-refractivity contribution is -0.0546. The quantitative estimate of drug-likeness (QED) is 0.450. The van der Waals surface area contributed by atoms with E-state index in [0.717, 1.165) is 6.33 Å². The summed E-state index contributed by atoms with van der Waals surface area (Å²) in [5, 5.41) is 28.2. The van der Waals surface area contributed by atoms with Crippen molar-refractivity contribution in [1.82, 2.24) is 14.5 Å².